The lowest BCUT2D eigenvalue weighted by molar-refractivity contribution is 0.264. The van der Waals surface area contributed by atoms with E-state index in [1.165, 1.54) is 0 Å². The topological polar surface area (TPSA) is 64.1 Å². The second kappa shape index (κ2) is 3.40. The molecule has 0 radical (unpaired) electrons. The maximum atomic E-state index is 9.02. The van der Waals surface area contributed by atoms with Gasteiger partial charge in [0.2, 0.25) is 0 Å². The van der Waals surface area contributed by atoms with Crippen molar-refractivity contribution in [2.24, 2.45) is 12.8 Å². The van der Waals surface area contributed by atoms with Crippen LogP contribution in [0.5, 0.6) is 0 Å². The van der Waals surface area contributed by atoms with Crippen molar-refractivity contribution in [3.05, 3.63) is 30.0 Å². The summed E-state index contributed by atoms with van der Waals surface area (Å²) < 4.78 is 1.73. The normalized spacial score (nSPS) is 13.4. The van der Waals surface area contributed by atoms with Crippen molar-refractivity contribution in [2.75, 3.05) is 6.61 Å². The van der Waals surface area contributed by atoms with Crippen LogP contribution in [0.1, 0.15) is 11.7 Å². The first-order valence-electron chi connectivity index (χ1n) is 4.52. The highest BCUT2D eigenvalue weighted by atomic mass is 16.3. The van der Waals surface area contributed by atoms with Crippen molar-refractivity contribution in [3.8, 4) is 0 Å². The van der Waals surface area contributed by atoms with Crippen LogP contribution >= 0.6 is 0 Å². The summed E-state index contributed by atoms with van der Waals surface area (Å²) in [7, 11) is 1.84. The number of nitrogens with zero attached hydrogens (tertiary/aromatic N) is 2. The number of aliphatic hydroxyl groups is 1. The average molecular weight is 191 g/mol. The molecule has 14 heavy (non-hydrogen) atoms. The number of nitrogens with two attached hydrogens (primary N) is 1. The summed E-state index contributed by atoms with van der Waals surface area (Å²) in [4.78, 5) is 0. The summed E-state index contributed by atoms with van der Waals surface area (Å²) in [6.07, 6.45) is 0. The average Bonchev–Trinajstić information content (AvgIpc) is 2.53. The van der Waals surface area contributed by atoms with Crippen LogP contribution in [0.3, 0.4) is 0 Å². The van der Waals surface area contributed by atoms with E-state index in [-0.39, 0.29) is 12.6 Å². The molecule has 4 heteroatoms. The summed E-state index contributed by atoms with van der Waals surface area (Å²) in [5, 5.41) is 14.3. The highest BCUT2D eigenvalue weighted by Crippen LogP contribution is 2.21. The van der Waals surface area contributed by atoms with E-state index in [2.05, 4.69) is 5.10 Å². The van der Waals surface area contributed by atoms with Crippen LogP contribution in [-0.2, 0) is 7.05 Å². The quantitative estimate of drug-likeness (QED) is 0.729. The fourth-order valence-electron chi connectivity index (χ4n) is 1.69. The van der Waals surface area contributed by atoms with Gasteiger partial charge in [-0.05, 0) is 6.07 Å². The summed E-state index contributed by atoms with van der Waals surface area (Å²) in [6, 6.07) is 7.41. The molecule has 2 rings (SSSR count). The monoisotopic (exact) mass is 191 g/mol. The number of fused-ring (bicyclic) bond motifs is 1. The molecule has 1 aromatic heterocycles. The van der Waals surface area contributed by atoms with Gasteiger partial charge in [-0.3, -0.25) is 4.68 Å². The highest BCUT2D eigenvalue weighted by molar-refractivity contribution is 5.81. The van der Waals surface area contributed by atoms with Crippen molar-refractivity contribution in [2.45, 2.75) is 6.04 Å². The van der Waals surface area contributed by atoms with E-state index in [0.29, 0.717) is 0 Å². The van der Waals surface area contributed by atoms with Crippen LogP contribution in [0.15, 0.2) is 24.3 Å². The third-order valence-corrected chi connectivity index (χ3v) is 2.33. The molecule has 0 fully saturated rings. The molecule has 0 saturated heterocycles. The predicted octanol–water partition coefficient (Wildman–Crippen LogP) is 0.565. The summed E-state index contributed by atoms with van der Waals surface area (Å²) in [6.45, 7) is -0.0659. The lowest BCUT2D eigenvalue weighted by Crippen LogP contribution is -2.18. The zero-order valence-electron chi connectivity index (χ0n) is 8.01. The second-order valence-corrected chi connectivity index (χ2v) is 3.32. The summed E-state index contributed by atoms with van der Waals surface area (Å²) in [5.41, 5.74) is 7.58. The molecule has 1 atom stereocenters. The van der Waals surface area contributed by atoms with Gasteiger partial charge in [0, 0.05) is 12.4 Å². The van der Waals surface area contributed by atoms with Crippen LogP contribution in [0, 0.1) is 0 Å². The Morgan fingerprint density at radius 1 is 1.50 bits per heavy atom. The molecule has 0 bridgehead atoms. The minimum atomic E-state index is -0.368. The van der Waals surface area contributed by atoms with Crippen molar-refractivity contribution in [1.29, 1.82) is 0 Å². The number of hydrogen-bond acceptors (Lipinski definition) is 3. The van der Waals surface area contributed by atoms with Gasteiger partial charge in [-0.25, -0.2) is 0 Å². The van der Waals surface area contributed by atoms with E-state index in [1.807, 2.05) is 31.3 Å². The predicted molar refractivity (Wildman–Crippen MR) is 54.7 cm³/mol. The molecule has 0 saturated carbocycles. The van der Waals surface area contributed by atoms with Crippen LogP contribution in [0.4, 0.5) is 0 Å². The van der Waals surface area contributed by atoms with Gasteiger partial charge in [-0.2, -0.15) is 5.10 Å². The van der Waals surface area contributed by atoms with Gasteiger partial charge < -0.3 is 10.8 Å². The Morgan fingerprint density at radius 2 is 2.21 bits per heavy atom. The van der Waals surface area contributed by atoms with E-state index < -0.39 is 0 Å². The summed E-state index contributed by atoms with van der Waals surface area (Å²) >= 11 is 0. The first-order chi connectivity index (χ1) is 6.74. The number of aliphatic hydroxyl groups excluding tert-OH is 1. The number of benzene rings is 1. The molecule has 4 nitrogen and oxygen atoms in total. The van der Waals surface area contributed by atoms with Crippen LogP contribution in [-0.4, -0.2) is 21.5 Å². The van der Waals surface area contributed by atoms with E-state index in [1.54, 1.807) is 4.68 Å². The van der Waals surface area contributed by atoms with Crippen molar-refractivity contribution < 1.29 is 5.11 Å². The fourth-order valence-corrected chi connectivity index (χ4v) is 1.69. The Hall–Kier alpha value is -1.39. The van der Waals surface area contributed by atoms with E-state index >= 15 is 0 Å². The van der Waals surface area contributed by atoms with Crippen LogP contribution in [0.25, 0.3) is 10.9 Å². The maximum Gasteiger partial charge on any atom is 0.0926 e. The summed E-state index contributed by atoms with van der Waals surface area (Å²) in [5.74, 6) is 0. The lowest BCUT2D eigenvalue weighted by atomic mass is 10.1. The van der Waals surface area contributed by atoms with Gasteiger partial charge in [0.1, 0.15) is 0 Å². The zero-order chi connectivity index (χ0) is 10.1. The van der Waals surface area contributed by atoms with Crippen LogP contribution < -0.4 is 5.73 Å². The number of hydrogen-bond donors (Lipinski definition) is 2. The Labute approximate surface area is 81.9 Å². The zero-order valence-corrected chi connectivity index (χ0v) is 8.01. The largest absolute Gasteiger partial charge is 0.394 e. The van der Waals surface area contributed by atoms with Gasteiger partial charge in [-0.15, -0.1) is 0 Å². The van der Waals surface area contributed by atoms with Gasteiger partial charge >= 0.3 is 0 Å². The molecule has 1 aromatic carbocycles. The van der Waals surface area contributed by atoms with Crippen molar-refractivity contribution >= 4 is 10.9 Å². The van der Waals surface area contributed by atoms with Gasteiger partial charge in [0.25, 0.3) is 0 Å². The van der Waals surface area contributed by atoms with E-state index in [4.69, 9.17) is 10.8 Å². The number of aryl methyl sites for hydroxylation is 1. The third-order valence-electron chi connectivity index (χ3n) is 2.33. The van der Waals surface area contributed by atoms with Crippen LogP contribution in [0.2, 0.25) is 0 Å². The third kappa shape index (κ3) is 1.29. The molecule has 0 spiro atoms. The van der Waals surface area contributed by atoms with Crippen molar-refractivity contribution in [3.63, 3.8) is 0 Å². The highest BCUT2D eigenvalue weighted by Gasteiger charge is 2.14. The molecular weight excluding hydrogens is 178 g/mol. The molecule has 0 aliphatic heterocycles. The number of rotatable bonds is 2. The maximum absolute atomic E-state index is 9.02. The van der Waals surface area contributed by atoms with E-state index in [0.717, 1.165) is 16.6 Å². The molecule has 0 aliphatic carbocycles. The van der Waals surface area contributed by atoms with Gasteiger partial charge in [0.15, 0.2) is 0 Å². The Balaban J connectivity index is 2.67. The second-order valence-electron chi connectivity index (χ2n) is 3.32. The smallest absolute Gasteiger partial charge is 0.0926 e. The first kappa shape index (κ1) is 9.18. The first-order valence-corrected chi connectivity index (χ1v) is 4.52. The SMILES string of the molecule is Cn1nc2ccccc2c1[C@H](N)CO. The minimum Gasteiger partial charge on any atom is -0.394 e. The molecule has 0 aliphatic rings. The molecule has 74 valence electrons. The molecular formula is C10H13N3O. The fraction of sp³-hybridized carbons (Fsp3) is 0.300. The Kier molecular flexibility index (Phi) is 2.23. The minimum absolute atomic E-state index is 0.0659. The van der Waals surface area contributed by atoms with E-state index in [9.17, 15) is 0 Å². The molecule has 3 N–H and O–H groups in total. The number of aromatic nitrogens is 2. The van der Waals surface area contributed by atoms with Gasteiger partial charge in [0.05, 0.1) is 23.9 Å². The Morgan fingerprint density at radius 3 is 2.93 bits per heavy atom. The molecule has 1 heterocycles. The van der Waals surface area contributed by atoms with Gasteiger partial charge in [-0.1, -0.05) is 18.2 Å². The lowest BCUT2D eigenvalue weighted by Gasteiger charge is -2.08. The Bertz CT molecular complexity index is 450. The molecule has 0 unspecified atom stereocenters. The molecule has 2 aromatic rings. The standard InChI is InChI=1S/C10H13N3O/c1-13-10(8(11)6-14)7-4-2-3-5-9(7)12-13/h2-5,8,14H,6,11H2,1H3/t8-/m1/s1. The molecule has 0 amide bonds. The van der Waals surface area contributed by atoms with Crippen molar-refractivity contribution in [1.82, 2.24) is 9.78 Å².